The van der Waals surface area contributed by atoms with Gasteiger partial charge in [-0.2, -0.15) is 0 Å². The van der Waals surface area contributed by atoms with Gasteiger partial charge >= 0.3 is 5.97 Å². The zero-order valence-corrected chi connectivity index (χ0v) is 24.9. The number of carbonyl (C=O) groups excluding carboxylic acids is 1. The molecular weight excluding hydrogens is 560 g/mol. The standard InChI is InChI=1S/C35H42N2O7/c38-22-24-9-11-27(12-10-24)32-19-31(21-37-17-3-6-30(37)23-39)43-35(44-32)28-15-13-26(14-16-28)29-5-1-4-25(18-29)20-36-33(40)7-2-8-34(41)42/h1,4-5,9-16,18,30-32,35,38-39H,2-3,6-8,17,19-23H2,(H,36,40)(H,41,42). The van der Waals surface area contributed by atoms with Gasteiger partial charge in [-0.05, 0) is 59.7 Å². The minimum Gasteiger partial charge on any atom is -0.481 e. The molecule has 4 N–H and O–H groups in total. The van der Waals surface area contributed by atoms with E-state index in [1.165, 1.54) is 0 Å². The molecule has 44 heavy (non-hydrogen) atoms. The number of aliphatic hydroxyl groups is 2. The molecule has 5 rings (SSSR count). The van der Waals surface area contributed by atoms with Crippen LogP contribution in [0.5, 0.6) is 0 Å². The maximum absolute atomic E-state index is 12.1. The molecule has 3 aromatic carbocycles. The summed E-state index contributed by atoms with van der Waals surface area (Å²) >= 11 is 0. The average Bonchev–Trinajstić information content (AvgIpc) is 3.50. The second kappa shape index (κ2) is 15.4. The zero-order chi connectivity index (χ0) is 30.9. The number of carboxylic acid groups (broad SMARTS) is 1. The SMILES string of the molecule is O=C(O)CCCC(=O)NCc1cccc(-c2ccc(C3OC(CN4CCCC4CO)CC(c4ccc(CO)cc4)O3)cc2)c1. The average molecular weight is 603 g/mol. The number of likely N-dealkylation sites (tertiary alicyclic amines) is 1. The lowest BCUT2D eigenvalue weighted by molar-refractivity contribution is -0.253. The summed E-state index contributed by atoms with van der Waals surface area (Å²) in [5, 5.41) is 31.0. The van der Waals surface area contributed by atoms with E-state index in [-0.39, 0.29) is 50.2 Å². The Morgan fingerprint density at radius 3 is 2.39 bits per heavy atom. The van der Waals surface area contributed by atoms with Crippen LogP contribution in [0.25, 0.3) is 11.1 Å². The predicted octanol–water partition coefficient (Wildman–Crippen LogP) is 4.72. The van der Waals surface area contributed by atoms with Crippen LogP contribution in [0.3, 0.4) is 0 Å². The number of rotatable bonds is 13. The van der Waals surface area contributed by atoms with Gasteiger partial charge in [0.1, 0.15) is 0 Å². The second-order valence-corrected chi connectivity index (χ2v) is 11.7. The number of carbonyl (C=O) groups is 2. The third-order valence-electron chi connectivity index (χ3n) is 8.49. The Morgan fingerprint density at radius 2 is 1.66 bits per heavy atom. The Labute approximate surface area is 258 Å². The number of nitrogens with zero attached hydrogens (tertiary/aromatic N) is 1. The lowest BCUT2D eigenvalue weighted by Gasteiger charge is -2.38. The molecule has 0 spiro atoms. The number of ether oxygens (including phenoxy) is 2. The van der Waals surface area contributed by atoms with Gasteiger partial charge < -0.3 is 30.1 Å². The van der Waals surface area contributed by atoms with Crippen molar-refractivity contribution in [3.05, 3.63) is 95.1 Å². The summed E-state index contributed by atoms with van der Waals surface area (Å²) in [6.45, 7) is 2.21. The Bertz CT molecular complexity index is 1380. The van der Waals surface area contributed by atoms with E-state index in [1.807, 2.05) is 72.8 Å². The first kappa shape index (κ1) is 31.8. The predicted molar refractivity (Wildman–Crippen MR) is 165 cm³/mol. The van der Waals surface area contributed by atoms with Gasteiger partial charge in [-0.3, -0.25) is 14.5 Å². The van der Waals surface area contributed by atoms with Crippen molar-refractivity contribution in [3.63, 3.8) is 0 Å². The van der Waals surface area contributed by atoms with E-state index in [0.717, 1.165) is 59.3 Å². The van der Waals surface area contributed by atoms with E-state index in [2.05, 4.69) is 10.2 Å². The monoisotopic (exact) mass is 602 g/mol. The van der Waals surface area contributed by atoms with Crippen LogP contribution >= 0.6 is 0 Å². The minimum absolute atomic E-state index is 0.00381. The molecule has 3 aromatic rings. The molecule has 2 heterocycles. The number of hydrogen-bond acceptors (Lipinski definition) is 7. The van der Waals surface area contributed by atoms with Crippen LogP contribution in [0.15, 0.2) is 72.8 Å². The highest BCUT2D eigenvalue weighted by molar-refractivity contribution is 5.76. The molecule has 2 fully saturated rings. The van der Waals surface area contributed by atoms with Gasteiger partial charge in [0.2, 0.25) is 5.91 Å². The fourth-order valence-corrected chi connectivity index (χ4v) is 6.02. The van der Waals surface area contributed by atoms with Crippen LogP contribution < -0.4 is 5.32 Å². The van der Waals surface area contributed by atoms with Crippen molar-refractivity contribution < 1.29 is 34.4 Å². The lowest BCUT2D eigenvalue weighted by atomic mass is 9.98. The molecule has 0 bridgehead atoms. The number of aliphatic carboxylic acids is 1. The molecule has 234 valence electrons. The molecule has 4 unspecified atom stereocenters. The summed E-state index contributed by atoms with van der Waals surface area (Å²) in [7, 11) is 0. The normalized spacial score (nSPS) is 22.1. The van der Waals surface area contributed by atoms with E-state index in [0.29, 0.717) is 19.4 Å². The molecule has 0 radical (unpaired) electrons. The van der Waals surface area contributed by atoms with Crippen molar-refractivity contribution in [1.29, 1.82) is 0 Å². The first-order valence-electron chi connectivity index (χ1n) is 15.4. The molecule has 9 heteroatoms. The van der Waals surface area contributed by atoms with Gasteiger partial charge in [-0.15, -0.1) is 0 Å². The van der Waals surface area contributed by atoms with Crippen LogP contribution in [-0.2, 0) is 32.2 Å². The number of aliphatic hydroxyl groups excluding tert-OH is 2. The van der Waals surface area contributed by atoms with Crippen LogP contribution in [0.4, 0.5) is 0 Å². The first-order chi connectivity index (χ1) is 21.4. The van der Waals surface area contributed by atoms with E-state index in [4.69, 9.17) is 14.6 Å². The first-order valence-corrected chi connectivity index (χ1v) is 15.4. The third-order valence-corrected chi connectivity index (χ3v) is 8.49. The summed E-state index contributed by atoms with van der Waals surface area (Å²) in [6.07, 6.45) is 2.47. The number of carboxylic acids is 1. The number of nitrogens with one attached hydrogen (secondary N) is 1. The van der Waals surface area contributed by atoms with Gasteiger partial charge in [0, 0.05) is 44.0 Å². The van der Waals surface area contributed by atoms with E-state index < -0.39 is 12.3 Å². The molecule has 0 aliphatic carbocycles. The van der Waals surface area contributed by atoms with E-state index in [1.54, 1.807) is 0 Å². The molecule has 2 saturated heterocycles. The Balaban J connectivity index is 1.27. The second-order valence-electron chi connectivity index (χ2n) is 11.7. The summed E-state index contributed by atoms with van der Waals surface area (Å²) in [4.78, 5) is 25.1. The van der Waals surface area contributed by atoms with Gasteiger partial charge in [-0.1, -0.05) is 66.7 Å². The summed E-state index contributed by atoms with van der Waals surface area (Å²) in [6, 6.07) is 24.1. The van der Waals surface area contributed by atoms with Crippen LogP contribution in [0.2, 0.25) is 0 Å². The van der Waals surface area contributed by atoms with Gasteiger partial charge in [0.15, 0.2) is 6.29 Å². The summed E-state index contributed by atoms with van der Waals surface area (Å²) in [5.41, 5.74) is 5.81. The smallest absolute Gasteiger partial charge is 0.303 e. The van der Waals surface area contributed by atoms with Gasteiger partial charge in [0.05, 0.1) is 25.4 Å². The quantitative estimate of drug-likeness (QED) is 0.221. The lowest BCUT2D eigenvalue weighted by Crippen LogP contribution is -2.42. The maximum Gasteiger partial charge on any atom is 0.303 e. The molecular formula is C35H42N2O7. The third kappa shape index (κ3) is 8.52. The van der Waals surface area contributed by atoms with Crippen molar-refractivity contribution in [2.75, 3.05) is 19.7 Å². The summed E-state index contributed by atoms with van der Waals surface area (Å²) < 4.78 is 13.0. The number of amides is 1. The topological polar surface area (TPSA) is 129 Å². The Morgan fingerprint density at radius 1 is 0.886 bits per heavy atom. The Hall–Kier alpha value is -3.60. The highest BCUT2D eigenvalue weighted by Crippen LogP contribution is 2.39. The highest BCUT2D eigenvalue weighted by Gasteiger charge is 2.35. The van der Waals surface area contributed by atoms with E-state index >= 15 is 0 Å². The van der Waals surface area contributed by atoms with Crippen molar-refractivity contribution >= 4 is 11.9 Å². The number of hydrogen-bond donors (Lipinski definition) is 4. The van der Waals surface area contributed by atoms with Crippen LogP contribution in [0.1, 0.15) is 73.2 Å². The molecule has 9 nitrogen and oxygen atoms in total. The molecule has 2 aliphatic rings. The van der Waals surface area contributed by atoms with Crippen LogP contribution in [-0.4, -0.2) is 63.9 Å². The van der Waals surface area contributed by atoms with Gasteiger partial charge in [0.25, 0.3) is 0 Å². The molecule has 2 aliphatic heterocycles. The fraction of sp³-hybridized carbons (Fsp3) is 0.429. The molecule has 4 atom stereocenters. The minimum atomic E-state index is -0.899. The molecule has 0 aromatic heterocycles. The van der Waals surface area contributed by atoms with Crippen molar-refractivity contribution in [2.45, 2.75) is 76.2 Å². The van der Waals surface area contributed by atoms with Crippen molar-refractivity contribution in [1.82, 2.24) is 10.2 Å². The molecule has 1 amide bonds. The fourth-order valence-electron chi connectivity index (χ4n) is 6.02. The molecule has 0 saturated carbocycles. The van der Waals surface area contributed by atoms with Crippen molar-refractivity contribution in [3.8, 4) is 11.1 Å². The van der Waals surface area contributed by atoms with E-state index in [9.17, 15) is 19.8 Å². The summed E-state index contributed by atoms with van der Waals surface area (Å²) in [5.74, 6) is -1.06. The number of benzene rings is 3. The maximum atomic E-state index is 12.1. The largest absolute Gasteiger partial charge is 0.481 e. The Kier molecular flexibility index (Phi) is 11.1. The van der Waals surface area contributed by atoms with Gasteiger partial charge in [-0.25, -0.2) is 0 Å². The zero-order valence-electron chi connectivity index (χ0n) is 24.9. The van der Waals surface area contributed by atoms with Crippen molar-refractivity contribution in [2.24, 2.45) is 0 Å². The van der Waals surface area contributed by atoms with Crippen LogP contribution in [0, 0.1) is 0 Å². The highest BCUT2D eigenvalue weighted by atomic mass is 16.7.